The molecule has 0 unspecified atom stereocenters. The second-order valence-electron chi connectivity index (χ2n) is 7.62. The van der Waals surface area contributed by atoms with Crippen molar-refractivity contribution in [1.29, 1.82) is 0 Å². The van der Waals surface area contributed by atoms with Crippen LogP contribution in [0.2, 0.25) is 0 Å². The third-order valence-corrected chi connectivity index (χ3v) is 3.86. The zero-order valence-corrected chi connectivity index (χ0v) is 17.9. The van der Waals surface area contributed by atoms with Crippen LogP contribution in [0.5, 0.6) is 0 Å². The van der Waals surface area contributed by atoms with Gasteiger partial charge in [0, 0.05) is 12.1 Å². The van der Waals surface area contributed by atoms with E-state index in [-0.39, 0.29) is 18.4 Å². The summed E-state index contributed by atoms with van der Waals surface area (Å²) in [5, 5.41) is 7.72. The second kappa shape index (κ2) is 12.5. The van der Waals surface area contributed by atoms with E-state index in [1.54, 1.807) is 51.1 Å². The molecule has 166 valence electrons. The summed E-state index contributed by atoms with van der Waals surface area (Å²) in [7, 11) is 1.27. The van der Waals surface area contributed by atoms with Crippen LogP contribution in [-0.2, 0) is 19.1 Å². The van der Waals surface area contributed by atoms with Crippen LogP contribution in [0.1, 0.15) is 50.4 Å². The molecule has 0 aromatic heterocycles. The molecule has 0 saturated heterocycles. The summed E-state index contributed by atoms with van der Waals surface area (Å²) in [4.78, 5) is 47.4. The number of nitrogens with one attached hydrogen (secondary N) is 3. The topological polar surface area (TPSA) is 123 Å². The smallest absolute Gasteiger partial charge is 0.408 e. The second-order valence-corrected chi connectivity index (χ2v) is 7.62. The van der Waals surface area contributed by atoms with Crippen molar-refractivity contribution >= 4 is 23.9 Å². The number of hydrogen-bond donors (Lipinski definition) is 3. The van der Waals surface area contributed by atoms with E-state index in [2.05, 4.69) is 16.0 Å². The first-order valence-electron chi connectivity index (χ1n) is 9.79. The lowest BCUT2D eigenvalue weighted by molar-refractivity contribution is -0.143. The van der Waals surface area contributed by atoms with Crippen molar-refractivity contribution in [2.75, 3.05) is 20.2 Å². The van der Waals surface area contributed by atoms with Crippen LogP contribution >= 0.6 is 0 Å². The zero-order chi connectivity index (χ0) is 22.6. The van der Waals surface area contributed by atoms with Gasteiger partial charge in [-0.15, -0.1) is 0 Å². The minimum Gasteiger partial charge on any atom is -0.467 e. The molecule has 9 heteroatoms. The SMILES string of the molecule is COC(=O)[C@H](CCCCNC(=O)CNC(=O)OC(C)(C)C)NC(=O)c1ccccc1. The van der Waals surface area contributed by atoms with Gasteiger partial charge in [0.25, 0.3) is 5.91 Å². The highest BCUT2D eigenvalue weighted by Crippen LogP contribution is 2.07. The van der Waals surface area contributed by atoms with Crippen LogP contribution in [0, 0.1) is 0 Å². The first-order chi connectivity index (χ1) is 14.1. The van der Waals surface area contributed by atoms with Crippen LogP contribution in [0.3, 0.4) is 0 Å². The number of carbonyl (C=O) groups excluding carboxylic acids is 4. The normalized spacial score (nSPS) is 11.7. The molecule has 3 amide bonds. The van der Waals surface area contributed by atoms with Crippen LogP contribution in [-0.4, -0.2) is 55.7 Å². The molecular weight excluding hydrogens is 390 g/mol. The van der Waals surface area contributed by atoms with E-state index in [1.807, 2.05) is 0 Å². The molecule has 0 radical (unpaired) electrons. The maximum Gasteiger partial charge on any atom is 0.408 e. The Morgan fingerprint density at radius 2 is 1.67 bits per heavy atom. The molecule has 0 aliphatic rings. The van der Waals surface area contributed by atoms with Crippen molar-refractivity contribution in [2.45, 2.75) is 51.7 Å². The fourth-order valence-electron chi connectivity index (χ4n) is 2.45. The molecule has 0 saturated carbocycles. The predicted molar refractivity (Wildman–Crippen MR) is 111 cm³/mol. The molecule has 1 atom stereocenters. The average molecular weight is 421 g/mol. The Hall–Kier alpha value is -3.10. The van der Waals surface area contributed by atoms with Crippen molar-refractivity contribution < 1.29 is 28.7 Å². The Bertz CT molecular complexity index is 715. The third-order valence-electron chi connectivity index (χ3n) is 3.86. The lowest BCUT2D eigenvalue weighted by Gasteiger charge is -2.19. The summed E-state index contributed by atoms with van der Waals surface area (Å²) in [5.74, 6) is -1.22. The van der Waals surface area contributed by atoms with E-state index in [0.717, 1.165) is 0 Å². The van der Waals surface area contributed by atoms with Crippen molar-refractivity contribution in [3.63, 3.8) is 0 Å². The molecule has 0 heterocycles. The summed E-state index contributed by atoms with van der Waals surface area (Å²) >= 11 is 0. The van der Waals surface area contributed by atoms with Gasteiger partial charge in [-0.3, -0.25) is 9.59 Å². The summed E-state index contributed by atoms with van der Waals surface area (Å²) in [6.07, 6.45) is 0.881. The molecule has 0 aliphatic heterocycles. The van der Waals surface area contributed by atoms with Crippen LogP contribution in [0.15, 0.2) is 30.3 Å². The fraction of sp³-hybridized carbons (Fsp3) is 0.524. The first kappa shape index (κ1) is 24.9. The first-order valence-corrected chi connectivity index (χ1v) is 9.79. The van der Waals surface area contributed by atoms with E-state index in [0.29, 0.717) is 31.4 Å². The number of unbranched alkanes of at least 4 members (excludes halogenated alkanes) is 1. The molecule has 0 aliphatic carbocycles. The Kier molecular flexibility index (Phi) is 10.4. The number of ether oxygens (including phenoxy) is 2. The predicted octanol–water partition coefficient (Wildman–Crippen LogP) is 1.77. The van der Waals surface area contributed by atoms with Gasteiger partial charge < -0.3 is 25.4 Å². The lowest BCUT2D eigenvalue weighted by atomic mass is 10.1. The Balaban J connectivity index is 2.31. The maximum absolute atomic E-state index is 12.2. The molecule has 1 rings (SSSR count). The van der Waals surface area contributed by atoms with Gasteiger partial charge in [0.1, 0.15) is 11.6 Å². The largest absolute Gasteiger partial charge is 0.467 e. The van der Waals surface area contributed by atoms with Gasteiger partial charge in [-0.25, -0.2) is 9.59 Å². The fourth-order valence-corrected chi connectivity index (χ4v) is 2.45. The number of hydrogen-bond acceptors (Lipinski definition) is 6. The minimum absolute atomic E-state index is 0.188. The highest BCUT2D eigenvalue weighted by molar-refractivity contribution is 5.96. The van der Waals surface area contributed by atoms with Crippen LogP contribution in [0.25, 0.3) is 0 Å². The molecule has 1 aromatic rings. The Labute approximate surface area is 176 Å². The number of esters is 1. The number of methoxy groups -OCH3 is 1. The third kappa shape index (κ3) is 10.4. The van der Waals surface area contributed by atoms with Crippen LogP contribution in [0.4, 0.5) is 4.79 Å². The van der Waals surface area contributed by atoms with Crippen molar-refractivity contribution in [1.82, 2.24) is 16.0 Å². The maximum atomic E-state index is 12.2. The van der Waals surface area contributed by atoms with Crippen molar-refractivity contribution in [2.24, 2.45) is 0 Å². The monoisotopic (exact) mass is 421 g/mol. The van der Waals surface area contributed by atoms with Crippen molar-refractivity contribution in [3.05, 3.63) is 35.9 Å². The van der Waals surface area contributed by atoms with Gasteiger partial charge in [-0.2, -0.15) is 0 Å². The Morgan fingerprint density at radius 1 is 1.00 bits per heavy atom. The molecule has 9 nitrogen and oxygen atoms in total. The van der Waals surface area contributed by atoms with Gasteiger partial charge in [0.05, 0.1) is 13.7 Å². The molecular formula is C21H31N3O6. The van der Waals surface area contributed by atoms with Gasteiger partial charge in [0.15, 0.2) is 0 Å². The van der Waals surface area contributed by atoms with E-state index in [1.165, 1.54) is 7.11 Å². The number of carbonyl (C=O) groups is 4. The van der Waals surface area contributed by atoms with Crippen molar-refractivity contribution in [3.8, 4) is 0 Å². The lowest BCUT2D eigenvalue weighted by Crippen LogP contribution is -2.41. The van der Waals surface area contributed by atoms with Crippen LogP contribution < -0.4 is 16.0 Å². The van der Waals surface area contributed by atoms with Gasteiger partial charge in [0.2, 0.25) is 5.91 Å². The highest BCUT2D eigenvalue weighted by Gasteiger charge is 2.21. The summed E-state index contributed by atoms with van der Waals surface area (Å²) in [6.45, 7) is 5.38. The molecule has 3 N–H and O–H groups in total. The minimum atomic E-state index is -0.771. The average Bonchev–Trinajstić information content (AvgIpc) is 2.69. The summed E-state index contributed by atoms with van der Waals surface area (Å²) in [5.41, 5.74) is -0.178. The highest BCUT2D eigenvalue weighted by atomic mass is 16.6. The van der Waals surface area contributed by atoms with E-state index in [9.17, 15) is 19.2 Å². The molecule has 0 bridgehead atoms. The van der Waals surface area contributed by atoms with E-state index in [4.69, 9.17) is 9.47 Å². The molecule has 0 fully saturated rings. The summed E-state index contributed by atoms with van der Waals surface area (Å²) in [6, 6.07) is 7.82. The number of benzene rings is 1. The van der Waals surface area contributed by atoms with Gasteiger partial charge in [-0.05, 0) is 52.2 Å². The number of alkyl carbamates (subject to hydrolysis) is 1. The van der Waals surface area contributed by atoms with E-state index >= 15 is 0 Å². The molecule has 0 spiro atoms. The molecule has 30 heavy (non-hydrogen) atoms. The number of amides is 3. The standard InChI is InChI=1S/C21H31N3O6/c1-21(2,3)30-20(28)23-14-17(25)22-13-9-8-12-16(19(27)29-4)24-18(26)15-10-6-5-7-11-15/h5-7,10-11,16H,8-9,12-14H2,1-4H3,(H,22,25)(H,23,28)(H,24,26)/t16-/m0/s1. The van der Waals surface area contributed by atoms with Gasteiger partial charge in [-0.1, -0.05) is 18.2 Å². The van der Waals surface area contributed by atoms with Gasteiger partial charge >= 0.3 is 12.1 Å². The summed E-state index contributed by atoms with van der Waals surface area (Å²) < 4.78 is 9.80. The molecule has 1 aromatic carbocycles. The zero-order valence-electron chi connectivity index (χ0n) is 17.9. The Morgan fingerprint density at radius 3 is 2.27 bits per heavy atom. The quantitative estimate of drug-likeness (QED) is 0.391. The van der Waals surface area contributed by atoms with E-state index < -0.39 is 23.7 Å². The number of rotatable bonds is 10.